The van der Waals surface area contributed by atoms with Crippen molar-refractivity contribution in [1.29, 1.82) is 5.26 Å². The number of aryl methyl sites for hydroxylation is 1. The molecule has 0 atom stereocenters. The maximum Gasteiger partial charge on any atom is 0.387 e. The molecule has 0 spiro atoms. The second kappa shape index (κ2) is 4.51. The summed E-state index contributed by atoms with van der Waals surface area (Å²) in [5.74, 6) is -0.181. The van der Waals surface area contributed by atoms with Gasteiger partial charge in [-0.15, -0.1) is 0 Å². The lowest BCUT2D eigenvalue weighted by atomic mass is 10.1. The molecule has 0 aromatic heterocycles. The van der Waals surface area contributed by atoms with Crippen molar-refractivity contribution < 1.29 is 18.3 Å². The van der Waals surface area contributed by atoms with Gasteiger partial charge in [-0.3, -0.25) is 4.79 Å². The molecule has 0 amide bonds. The minimum atomic E-state index is -2.99. The van der Waals surface area contributed by atoms with Crippen molar-refractivity contribution in [3.8, 4) is 11.8 Å². The van der Waals surface area contributed by atoms with Crippen LogP contribution in [0.1, 0.15) is 21.5 Å². The van der Waals surface area contributed by atoms with E-state index in [1.54, 1.807) is 0 Å². The monoisotopic (exact) mass is 211 g/mol. The van der Waals surface area contributed by atoms with Crippen LogP contribution in [-0.4, -0.2) is 12.9 Å². The van der Waals surface area contributed by atoms with Gasteiger partial charge < -0.3 is 4.74 Å². The van der Waals surface area contributed by atoms with Crippen LogP contribution in [0.2, 0.25) is 0 Å². The number of carbonyl (C=O) groups excluding carboxylic acids is 1. The van der Waals surface area contributed by atoms with Crippen LogP contribution in [0.3, 0.4) is 0 Å². The fourth-order valence-electron chi connectivity index (χ4n) is 1.20. The number of ether oxygens (including phenoxy) is 1. The molecule has 5 heteroatoms. The molecule has 0 unspecified atom stereocenters. The number of aldehydes is 1. The first kappa shape index (κ1) is 11.1. The molecule has 15 heavy (non-hydrogen) atoms. The molecule has 0 heterocycles. The van der Waals surface area contributed by atoms with Crippen molar-refractivity contribution in [3.05, 3.63) is 28.8 Å². The second-order valence-corrected chi connectivity index (χ2v) is 2.82. The highest BCUT2D eigenvalue weighted by atomic mass is 19.3. The van der Waals surface area contributed by atoms with Crippen LogP contribution in [0.15, 0.2) is 12.1 Å². The summed E-state index contributed by atoms with van der Waals surface area (Å²) >= 11 is 0. The zero-order chi connectivity index (χ0) is 11.4. The van der Waals surface area contributed by atoms with Crippen LogP contribution in [0.4, 0.5) is 8.78 Å². The number of carbonyl (C=O) groups is 1. The number of nitrogens with zero attached hydrogens (tertiary/aromatic N) is 1. The van der Waals surface area contributed by atoms with Crippen molar-refractivity contribution in [2.75, 3.05) is 0 Å². The third-order valence-corrected chi connectivity index (χ3v) is 1.77. The lowest BCUT2D eigenvalue weighted by Gasteiger charge is -2.10. The van der Waals surface area contributed by atoms with Gasteiger partial charge >= 0.3 is 6.61 Å². The van der Waals surface area contributed by atoms with Gasteiger partial charge in [-0.25, -0.2) is 0 Å². The number of rotatable bonds is 3. The molecule has 1 aromatic rings. The average molecular weight is 211 g/mol. The Bertz CT molecular complexity index is 424. The molecule has 1 aromatic carbocycles. The maximum absolute atomic E-state index is 12.0. The second-order valence-electron chi connectivity index (χ2n) is 2.82. The lowest BCUT2D eigenvalue weighted by molar-refractivity contribution is -0.0505. The third kappa shape index (κ3) is 2.50. The van der Waals surface area contributed by atoms with E-state index in [1.807, 2.05) is 6.07 Å². The van der Waals surface area contributed by atoms with E-state index in [1.165, 1.54) is 19.1 Å². The first-order valence-electron chi connectivity index (χ1n) is 4.03. The molecular weight excluding hydrogens is 204 g/mol. The van der Waals surface area contributed by atoms with Crippen LogP contribution in [0.5, 0.6) is 5.75 Å². The molecule has 0 fully saturated rings. The highest BCUT2D eigenvalue weighted by Crippen LogP contribution is 2.25. The predicted molar refractivity (Wildman–Crippen MR) is 47.9 cm³/mol. The third-order valence-electron chi connectivity index (χ3n) is 1.77. The SMILES string of the molecule is Cc1cc(C#N)cc(C=O)c1OC(F)F. The average Bonchev–Trinajstić information content (AvgIpc) is 2.20. The van der Waals surface area contributed by atoms with Crippen LogP contribution in [0, 0.1) is 18.3 Å². The number of benzene rings is 1. The van der Waals surface area contributed by atoms with E-state index in [0.717, 1.165) is 0 Å². The van der Waals surface area contributed by atoms with Crippen molar-refractivity contribution in [2.45, 2.75) is 13.5 Å². The number of hydrogen-bond donors (Lipinski definition) is 0. The summed E-state index contributed by atoms with van der Waals surface area (Å²) < 4.78 is 28.2. The molecular formula is C10H7F2NO2. The van der Waals surface area contributed by atoms with Gasteiger partial charge in [0.2, 0.25) is 0 Å². The molecule has 0 aliphatic carbocycles. The van der Waals surface area contributed by atoms with Gasteiger partial charge in [0.05, 0.1) is 17.2 Å². The molecule has 0 radical (unpaired) electrons. The van der Waals surface area contributed by atoms with Crippen LogP contribution in [-0.2, 0) is 0 Å². The summed E-state index contributed by atoms with van der Waals surface area (Å²) in [5, 5.41) is 8.60. The Morgan fingerprint density at radius 3 is 2.67 bits per heavy atom. The predicted octanol–water partition coefficient (Wildman–Crippen LogP) is 2.28. The fraction of sp³-hybridized carbons (Fsp3) is 0.200. The quantitative estimate of drug-likeness (QED) is 0.720. The summed E-state index contributed by atoms with van der Waals surface area (Å²) in [6, 6.07) is 4.41. The summed E-state index contributed by atoms with van der Waals surface area (Å²) in [6.07, 6.45) is 0.381. The molecule has 0 saturated carbocycles. The van der Waals surface area contributed by atoms with Gasteiger partial charge in [0.25, 0.3) is 0 Å². The van der Waals surface area contributed by atoms with Gasteiger partial charge in [0, 0.05) is 0 Å². The van der Waals surface area contributed by atoms with Crippen molar-refractivity contribution in [1.82, 2.24) is 0 Å². The van der Waals surface area contributed by atoms with Gasteiger partial charge in [-0.2, -0.15) is 14.0 Å². The van der Waals surface area contributed by atoms with E-state index in [9.17, 15) is 13.6 Å². The molecule has 0 aliphatic rings. The van der Waals surface area contributed by atoms with E-state index < -0.39 is 6.61 Å². The number of nitriles is 1. The van der Waals surface area contributed by atoms with Crippen LogP contribution in [0.25, 0.3) is 0 Å². The molecule has 3 nitrogen and oxygen atoms in total. The maximum atomic E-state index is 12.0. The van der Waals surface area contributed by atoms with E-state index >= 15 is 0 Å². The highest BCUT2D eigenvalue weighted by Gasteiger charge is 2.13. The number of hydrogen-bond acceptors (Lipinski definition) is 3. The Labute approximate surface area is 84.9 Å². The topological polar surface area (TPSA) is 50.1 Å². The molecule has 0 aliphatic heterocycles. The molecule has 0 N–H and O–H groups in total. The zero-order valence-corrected chi connectivity index (χ0v) is 7.83. The fourth-order valence-corrected chi connectivity index (χ4v) is 1.20. The van der Waals surface area contributed by atoms with E-state index in [-0.39, 0.29) is 16.9 Å². The van der Waals surface area contributed by atoms with Gasteiger partial charge in [-0.1, -0.05) is 0 Å². The summed E-state index contributed by atoms with van der Waals surface area (Å²) in [6.45, 7) is -1.50. The Morgan fingerprint density at radius 1 is 1.53 bits per heavy atom. The van der Waals surface area contributed by atoms with E-state index in [2.05, 4.69) is 4.74 Å². The van der Waals surface area contributed by atoms with Gasteiger partial charge in [0.15, 0.2) is 6.29 Å². The van der Waals surface area contributed by atoms with Gasteiger partial charge in [0.1, 0.15) is 5.75 Å². The summed E-state index contributed by atoms with van der Waals surface area (Å²) in [7, 11) is 0. The molecule has 0 saturated heterocycles. The molecule has 0 bridgehead atoms. The Balaban J connectivity index is 3.26. The summed E-state index contributed by atoms with van der Waals surface area (Å²) in [5.41, 5.74) is 0.513. The Morgan fingerprint density at radius 2 is 2.20 bits per heavy atom. The first-order chi connectivity index (χ1) is 7.08. The van der Waals surface area contributed by atoms with Crippen LogP contribution < -0.4 is 4.74 Å². The smallest absolute Gasteiger partial charge is 0.387 e. The van der Waals surface area contributed by atoms with Crippen LogP contribution >= 0.6 is 0 Å². The van der Waals surface area contributed by atoms with Crippen molar-refractivity contribution >= 4 is 6.29 Å². The minimum absolute atomic E-state index is 0.0492. The lowest BCUT2D eigenvalue weighted by Crippen LogP contribution is -2.06. The number of alkyl halides is 2. The zero-order valence-electron chi connectivity index (χ0n) is 7.83. The summed E-state index contributed by atoms with van der Waals surface area (Å²) in [4.78, 5) is 10.6. The normalized spacial score (nSPS) is 9.80. The Kier molecular flexibility index (Phi) is 3.34. The number of halogens is 2. The first-order valence-corrected chi connectivity index (χ1v) is 4.03. The van der Waals surface area contributed by atoms with Gasteiger partial charge in [-0.05, 0) is 24.6 Å². The van der Waals surface area contributed by atoms with Crippen molar-refractivity contribution in [2.24, 2.45) is 0 Å². The molecule has 1 rings (SSSR count). The molecule has 78 valence electrons. The highest BCUT2D eigenvalue weighted by molar-refractivity contribution is 5.81. The largest absolute Gasteiger partial charge is 0.434 e. The van der Waals surface area contributed by atoms with Crippen molar-refractivity contribution in [3.63, 3.8) is 0 Å². The standard InChI is InChI=1S/C10H7F2NO2/c1-6-2-7(4-13)3-8(5-14)9(6)15-10(11)12/h2-3,5,10H,1H3. The van der Waals surface area contributed by atoms with E-state index in [0.29, 0.717) is 11.8 Å². The van der Waals surface area contributed by atoms with E-state index in [4.69, 9.17) is 5.26 Å². The minimum Gasteiger partial charge on any atom is -0.434 e. The Hall–Kier alpha value is -1.96.